The topological polar surface area (TPSA) is 55.1 Å². The molecule has 0 saturated heterocycles. The van der Waals surface area contributed by atoms with Crippen LogP contribution in [0.2, 0.25) is 0 Å². The van der Waals surface area contributed by atoms with Crippen LogP contribution in [0.5, 0.6) is 0 Å². The van der Waals surface area contributed by atoms with Crippen molar-refractivity contribution in [2.75, 3.05) is 5.32 Å². The number of rotatable bonds is 2. The maximum Gasteiger partial charge on any atom is 0.228 e. The van der Waals surface area contributed by atoms with E-state index in [1.165, 1.54) is 12.1 Å². The van der Waals surface area contributed by atoms with Crippen molar-refractivity contribution >= 4 is 11.6 Å². The maximum atomic E-state index is 13.7. The van der Waals surface area contributed by atoms with Crippen LogP contribution in [0, 0.1) is 12.7 Å². The zero-order valence-corrected chi connectivity index (χ0v) is 11.1. The number of carbonyl (C=O) groups excluding carboxylic acids is 1. The molecule has 1 atom stereocenters. The molecule has 4 heteroatoms. The highest BCUT2D eigenvalue weighted by Gasteiger charge is 2.25. The predicted octanol–water partition coefficient (Wildman–Crippen LogP) is 2.68. The van der Waals surface area contributed by atoms with Crippen LogP contribution in [-0.4, -0.2) is 5.91 Å². The molecule has 2 aromatic rings. The molecule has 1 amide bonds. The average Bonchev–Trinajstić information content (AvgIpc) is 2.77. The quantitative estimate of drug-likeness (QED) is 0.881. The second-order valence-electron chi connectivity index (χ2n) is 5.15. The van der Waals surface area contributed by atoms with Crippen molar-refractivity contribution < 1.29 is 9.18 Å². The summed E-state index contributed by atoms with van der Waals surface area (Å²) in [6.07, 6.45) is 0.209. The van der Waals surface area contributed by atoms with E-state index in [1.54, 1.807) is 0 Å². The molecule has 0 aromatic heterocycles. The smallest absolute Gasteiger partial charge is 0.228 e. The summed E-state index contributed by atoms with van der Waals surface area (Å²) in [5, 5.41) is 2.77. The number of nitrogens with one attached hydrogen (secondary N) is 1. The summed E-state index contributed by atoms with van der Waals surface area (Å²) in [5.74, 6) is -0.485. The normalized spacial score (nSPS) is 14.8. The van der Waals surface area contributed by atoms with E-state index in [-0.39, 0.29) is 18.1 Å². The van der Waals surface area contributed by atoms with Crippen LogP contribution in [0.15, 0.2) is 36.4 Å². The first-order valence-electron chi connectivity index (χ1n) is 6.49. The van der Waals surface area contributed by atoms with Gasteiger partial charge in [-0.05, 0) is 30.2 Å². The fourth-order valence-corrected chi connectivity index (χ4v) is 2.62. The maximum absolute atomic E-state index is 13.7. The van der Waals surface area contributed by atoms with Crippen molar-refractivity contribution in [2.45, 2.75) is 19.4 Å². The summed E-state index contributed by atoms with van der Waals surface area (Å²) < 4.78 is 13.7. The molecule has 0 aliphatic carbocycles. The molecular formula is C16H15FN2O. The molecule has 1 heterocycles. The third-order valence-electron chi connectivity index (χ3n) is 3.57. The molecule has 0 spiro atoms. The Morgan fingerprint density at radius 3 is 2.85 bits per heavy atom. The van der Waals surface area contributed by atoms with Crippen LogP contribution in [0.25, 0.3) is 0 Å². The number of hydrogen-bond acceptors (Lipinski definition) is 2. The van der Waals surface area contributed by atoms with Gasteiger partial charge in [0.05, 0.1) is 12.5 Å². The zero-order valence-electron chi connectivity index (χ0n) is 11.1. The predicted molar refractivity (Wildman–Crippen MR) is 75.9 cm³/mol. The van der Waals surface area contributed by atoms with E-state index in [2.05, 4.69) is 5.32 Å². The molecule has 1 aliphatic heterocycles. The first-order chi connectivity index (χ1) is 9.54. The van der Waals surface area contributed by atoms with Crippen molar-refractivity contribution in [1.82, 2.24) is 0 Å². The Morgan fingerprint density at radius 1 is 1.30 bits per heavy atom. The number of benzene rings is 2. The van der Waals surface area contributed by atoms with Gasteiger partial charge in [0.1, 0.15) is 5.82 Å². The minimum Gasteiger partial charge on any atom is -0.325 e. The number of aryl methyl sites for hydroxylation is 1. The molecule has 1 aliphatic rings. The van der Waals surface area contributed by atoms with Gasteiger partial charge >= 0.3 is 0 Å². The van der Waals surface area contributed by atoms with Crippen LogP contribution < -0.4 is 11.1 Å². The van der Waals surface area contributed by atoms with Gasteiger partial charge in [0.15, 0.2) is 0 Å². The van der Waals surface area contributed by atoms with Crippen LogP contribution in [0.3, 0.4) is 0 Å². The third kappa shape index (κ3) is 2.18. The first kappa shape index (κ1) is 12.8. The summed E-state index contributed by atoms with van der Waals surface area (Å²) in [6, 6.07) is 10.1. The van der Waals surface area contributed by atoms with Crippen LogP contribution in [0.1, 0.15) is 28.3 Å². The SMILES string of the molecule is Cc1cccc(C(N)c2cc(F)cc3c2NC(=O)C3)c1. The molecular weight excluding hydrogens is 255 g/mol. The van der Waals surface area contributed by atoms with E-state index in [9.17, 15) is 9.18 Å². The van der Waals surface area contributed by atoms with Gasteiger partial charge in [-0.2, -0.15) is 0 Å². The van der Waals surface area contributed by atoms with Gasteiger partial charge in [-0.1, -0.05) is 29.8 Å². The molecule has 2 aromatic carbocycles. The Bertz CT molecular complexity index is 697. The number of hydrogen-bond donors (Lipinski definition) is 2. The molecule has 0 radical (unpaired) electrons. The van der Waals surface area contributed by atoms with Gasteiger partial charge in [-0.15, -0.1) is 0 Å². The zero-order chi connectivity index (χ0) is 14.3. The number of amides is 1. The number of nitrogens with two attached hydrogens (primary N) is 1. The Labute approximate surface area is 116 Å². The summed E-state index contributed by atoms with van der Waals surface area (Å²) in [4.78, 5) is 11.5. The Balaban J connectivity index is 2.09. The summed E-state index contributed by atoms with van der Waals surface area (Å²) >= 11 is 0. The van der Waals surface area contributed by atoms with E-state index in [1.807, 2.05) is 31.2 Å². The lowest BCUT2D eigenvalue weighted by Crippen LogP contribution is -2.15. The Morgan fingerprint density at radius 2 is 2.10 bits per heavy atom. The third-order valence-corrected chi connectivity index (χ3v) is 3.57. The van der Waals surface area contributed by atoms with E-state index in [4.69, 9.17) is 5.73 Å². The Kier molecular flexibility index (Phi) is 3.03. The Hall–Kier alpha value is -2.20. The van der Waals surface area contributed by atoms with E-state index in [0.29, 0.717) is 16.8 Å². The van der Waals surface area contributed by atoms with Crippen molar-refractivity contribution in [3.05, 3.63) is 64.5 Å². The summed E-state index contributed by atoms with van der Waals surface area (Å²) in [6.45, 7) is 1.98. The fraction of sp³-hybridized carbons (Fsp3) is 0.188. The van der Waals surface area contributed by atoms with E-state index in [0.717, 1.165) is 11.1 Å². The summed E-state index contributed by atoms with van der Waals surface area (Å²) in [5.41, 5.74) is 10.2. The standard InChI is InChI=1S/C16H15FN2O/c1-9-3-2-4-10(5-9)15(18)13-8-12(17)6-11-7-14(20)19-16(11)13/h2-6,8,15H,7,18H2,1H3,(H,19,20). The van der Waals surface area contributed by atoms with E-state index < -0.39 is 6.04 Å². The van der Waals surface area contributed by atoms with Crippen LogP contribution in [0.4, 0.5) is 10.1 Å². The lowest BCUT2D eigenvalue weighted by molar-refractivity contribution is -0.115. The van der Waals surface area contributed by atoms with Crippen LogP contribution in [-0.2, 0) is 11.2 Å². The highest BCUT2D eigenvalue weighted by atomic mass is 19.1. The number of anilines is 1. The number of halogens is 1. The average molecular weight is 270 g/mol. The van der Waals surface area contributed by atoms with Crippen molar-refractivity contribution in [2.24, 2.45) is 5.73 Å². The second-order valence-corrected chi connectivity index (χ2v) is 5.15. The number of fused-ring (bicyclic) bond motifs is 1. The van der Waals surface area contributed by atoms with Crippen molar-refractivity contribution in [3.63, 3.8) is 0 Å². The lowest BCUT2D eigenvalue weighted by atomic mass is 9.95. The van der Waals surface area contributed by atoms with Gasteiger partial charge in [0.25, 0.3) is 0 Å². The van der Waals surface area contributed by atoms with Gasteiger partial charge in [0.2, 0.25) is 5.91 Å². The molecule has 0 bridgehead atoms. The first-order valence-corrected chi connectivity index (χ1v) is 6.49. The van der Waals surface area contributed by atoms with Gasteiger partial charge in [-0.3, -0.25) is 4.79 Å². The number of carbonyl (C=O) groups is 1. The highest BCUT2D eigenvalue weighted by molar-refractivity contribution is 6.00. The minimum absolute atomic E-state index is 0.122. The molecule has 0 fully saturated rings. The molecule has 3 rings (SSSR count). The highest BCUT2D eigenvalue weighted by Crippen LogP contribution is 2.34. The van der Waals surface area contributed by atoms with E-state index >= 15 is 0 Å². The summed E-state index contributed by atoms with van der Waals surface area (Å²) in [7, 11) is 0. The molecule has 1 unspecified atom stereocenters. The van der Waals surface area contributed by atoms with Crippen molar-refractivity contribution in [1.29, 1.82) is 0 Å². The molecule has 20 heavy (non-hydrogen) atoms. The molecule has 102 valence electrons. The lowest BCUT2D eigenvalue weighted by Gasteiger charge is -2.17. The van der Waals surface area contributed by atoms with Crippen LogP contribution >= 0.6 is 0 Å². The molecule has 0 saturated carbocycles. The van der Waals surface area contributed by atoms with Crippen molar-refractivity contribution in [3.8, 4) is 0 Å². The largest absolute Gasteiger partial charge is 0.325 e. The second kappa shape index (κ2) is 4.72. The monoisotopic (exact) mass is 270 g/mol. The fourth-order valence-electron chi connectivity index (χ4n) is 2.62. The van der Waals surface area contributed by atoms with Gasteiger partial charge < -0.3 is 11.1 Å². The molecule has 3 nitrogen and oxygen atoms in total. The van der Waals surface area contributed by atoms with Gasteiger partial charge in [-0.25, -0.2) is 4.39 Å². The minimum atomic E-state index is -0.460. The van der Waals surface area contributed by atoms with Gasteiger partial charge in [0, 0.05) is 11.3 Å². The molecule has 3 N–H and O–H groups in total.